The predicted octanol–water partition coefficient (Wildman–Crippen LogP) is 3.83. The highest BCUT2D eigenvalue weighted by molar-refractivity contribution is 6.07. The van der Waals surface area contributed by atoms with Gasteiger partial charge in [0.1, 0.15) is 17.3 Å². The lowest BCUT2D eigenvalue weighted by atomic mass is 9.85. The van der Waals surface area contributed by atoms with Crippen LogP contribution in [0.2, 0.25) is 0 Å². The van der Waals surface area contributed by atoms with Crippen LogP contribution < -0.4 is 14.8 Å². The fraction of sp³-hybridized carbons (Fsp3) is 0.357. The summed E-state index contributed by atoms with van der Waals surface area (Å²) in [4.78, 5) is 38.6. The van der Waals surface area contributed by atoms with E-state index in [2.05, 4.69) is 10.1 Å². The number of carbonyl (C=O) groups excluding carboxylic acids is 3. The SMILES string of the molecule is CCOc1cc2c(cc1C(=O)NC)C(=N)N(CC(=O)c1ccc(O/C=C/C(=O)OC)c(C(C)(C)C)c1)C2. The number of nitrogens with zero attached hydrogens (tertiary/aromatic N) is 1. The van der Waals surface area contributed by atoms with E-state index in [0.717, 1.165) is 11.1 Å². The minimum atomic E-state index is -0.533. The second kappa shape index (κ2) is 11.3. The van der Waals surface area contributed by atoms with E-state index in [1.807, 2.05) is 27.7 Å². The summed E-state index contributed by atoms with van der Waals surface area (Å²) in [5.74, 6) is 0.168. The first kappa shape index (κ1) is 27.4. The summed E-state index contributed by atoms with van der Waals surface area (Å²) in [6.07, 6.45) is 2.43. The largest absolute Gasteiger partial charge is 0.493 e. The van der Waals surface area contributed by atoms with Crippen molar-refractivity contribution < 1.29 is 28.6 Å². The van der Waals surface area contributed by atoms with Gasteiger partial charge in [0.05, 0.1) is 38.2 Å². The van der Waals surface area contributed by atoms with Crippen molar-refractivity contribution >= 4 is 23.5 Å². The number of amidine groups is 1. The summed E-state index contributed by atoms with van der Waals surface area (Å²) in [5.41, 5.74) is 2.72. The summed E-state index contributed by atoms with van der Waals surface area (Å²) in [6.45, 7) is 8.60. The van der Waals surface area contributed by atoms with Gasteiger partial charge in [-0.25, -0.2) is 4.79 Å². The molecule has 9 nitrogen and oxygen atoms in total. The standard InChI is InChI=1S/C28H33N3O6/c1-7-36-24-13-18-15-31(26(29)19(18)14-20(24)27(34)30-5)16-22(32)17-8-9-23(21(12-17)28(2,3)4)37-11-10-25(33)35-6/h8-14,29H,7,15-16H2,1-6H3,(H,30,34)/b11-10+,29-26?. The van der Waals surface area contributed by atoms with Crippen LogP contribution in [0, 0.1) is 5.41 Å². The smallest absolute Gasteiger partial charge is 0.333 e. The van der Waals surface area contributed by atoms with Crippen LogP contribution in [0.3, 0.4) is 0 Å². The monoisotopic (exact) mass is 507 g/mol. The number of benzene rings is 2. The van der Waals surface area contributed by atoms with Gasteiger partial charge in [-0.3, -0.25) is 15.0 Å². The molecule has 0 fully saturated rings. The Labute approximate surface area is 216 Å². The molecule has 0 bridgehead atoms. The molecule has 2 N–H and O–H groups in total. The molecule has 3 rings (SSSR count). The molecule has 0 radical (unpaired) electrons. The molecule has 1 aliphatic heterocycles. The lowest BCUT2D eigenvalue weighted by molar-refractivity contribution is -0.134. The average molecular weight is 508 g/mol. The lowest BCUT2D eigenvalue weighted by Crippen LogP contribution is -2.30. The molecule has 196 valence electrons. The highest BCUT2D eigenvalue weighted by atomic mass is 16.5. The third-order valence-electron chi connectivity index (χ3n) is 5.95. The van der Waals surface area contributed by atoms with Gasteiger partial charge < -0.3 is 24.4 Å². The van der Waals surface area contributed by atoms with Gasteiger partial charge in [-0.05, 0) is 48.2 Å². The molecule has 1 heterocycles. The number of hydrogen-bond donors (Lipinski definition) is 2. The highest BCUT2D eigenvalue weighted by Crippen LogP contribution is 2.34. The highest BCUT2D eigenvalue weighted by Gasteiger charge is 2.30. The van der Waals surface area contributed by atoms with Gasteiger partial charge in [-0.15, -0.1) is 0 Å². The third kappa shape index (κ3) is 6.17. The number of esters is 1. The molecule has 0 spiro atoms. The molecule has 9 heteroatoms. The zero-order valence-corrected chi connectivity index (χ0v) is 22.1. The minimum Gasteiger partial charge on any atom is -0.493 e. The quantitative estimate of drug-likeness (QED) is 0.229. The van der Waals surface area contributed by atoms with Crippen molar-refractivity contribution in [3.63, 3.8) is 0 Å². The average Bonchev–Trinajstić information content (AvgIpc) is 3.16. The molecule has 0 saturated heterocycles. The summed E-state index contributed by atoms with van der Waals surface area (Å²) in [6, 6.07) is 8.57. The Morgan fingerprint density at radius 1 is 1.14 bits per heavy atom. The van der Waals surface area contributed by atoms with E-state index >= 15 is 0 Å². The number of amides is 1. The van der Waals surface area contributed by atoms with Crippen LogP contribution in [0.15, 0.2) is 42.7 Å². The molecule has 1 aliphatic rings. The van der Waals surface area contributed by atoms with Crippen LogP contribution in [0.1, 0.15) is 65.1 Å². The Bertz CT molecular complexity index is 1260. The van der Waals surface area contributed by atoms with Gasteiger partial charge >= 0.3 is 5.97 Å². The van der Waals surface area contributed by atoms with Gasteiger partial charge in [-0.2, -0.15) is 0 Å². The Hall–Kier alpha value is -4.14. The van der Waals surface area contributed by atoms with Crippen LogP contribution in [0.5, 0.6) is 11.5 Å². The number of Topliss-reactive ketones (excluding diaryl/α,β-unsaturated/α-hetero) is 1. The molecule has 0 aliphatic carbocycles. The molecular weight excluding hydrogens is 474 g/mol. The van der Waals surface area contributed by atoms with Crippen molar-refractivity contribution in [3.8, 4) is 11.5 Å². The van der Waals surface area contributed by atoms with E-state index in [1.165, 1.54) is 19.4 Å². The van der Waals surface area contributed by atoms with E-state index in [4.69, 9.17) is 14.9 Å². The predicted molar refractivity (Wildman–Crippen MR) is 139 cm³/mol. The molecule has 2 aromatic carbocycles. The van der Waals surface area contributed by atoms with Gasteiger partial charge in [0.15, 0.2) is 5.78 Å². The molecule has 37 heavy (non-hydrogen) atoms. The second-order valence-corrected chi connectivity index (χ2v) is 9.55. The summed E-state index contributed by atoms with van der Waals surface area (Å²) >= 11 is 0. The number of rotatable bonds is 9. The molecule has 2 aromatic rings. The maximum Gasteiger partial charge on any atom is 0.333 e. The van der Waals surface area contributed by atoms with E-state index in [9.17, 15) is 14.4 Å². The number of methoxy groups -OCH3 is 1. The van der Waals surface area contributed by atoms with Crippen molar-refractivity contribution in [3.05, 3.63) is 70.5 Å². The van der Waals surface area contributed by atoms with Crippen LogP contribution in [0.25, 0.3) is 0 Å². The number of hydrogen-bond acceptors (Lipinski definition) is 7. The van der Waals surface area contributed by atoms with Gasteiger partial charge in [0.25, 0.3) is 5.91 Å². The van der Waals surface area contributed by atoms with Crippen molar-refractivity contribution in [2.45, 2.75) is 39.7 Å². The van der Waals surface area contributed by atoms with E-state index in [-0.39, 0.29) is 29.5 Å². The van der Waals surface area contributed by atoms with Crippen LogP contribution in [-0.2, 0) is 21.5 Å². The number of carbonyl (C=O) groups is 3. The fourth-order valence-electron chi connectivity index (χ4n) is 4.04. The number of fused-ring (bicyclic) bond motifs is 1. The second-order valence-electron chi connectivity index (χ2n) is 9.55. The van der Waals surface area contributed by atoms with E-state index < -0.39 is 5.97 Å². The lowest BCUT2D eigenvalue weighted by Gasteiger charge is -2.23. The van der Waals surface area contributed by atoms with Crippen molar-refractivity contribution in [2.75, 3.05) is 27.3 Å². The number of ketones is 1. The number of ether oxygens (including phenoxy) is 3. The van der Waals surface area contributed by atoms with Crippen molar-refractivity contribution in [1.82, 2.24) is 10.2 Å². The summed E-state index contributed by atoms with van der Waals surface area (Å²) in [5, 5.41) is 11.2. The first-order valence-electron chi connectivity index (χ1n) is 11.9. The van der Waals surface area contributed by atoms with Crippen LogP contribution >= 0.6 is 0 Å². The third-order valence-corrected chi connectivity index (χ3v) is 5.95. The number of nitrogens with one attached hydrogen (secondary N) is 2. The maximum atomic E-state index is 13.3. The van der Waals surface area contributed by atoms with E-state index in [0.29, 0.717) is 41.3 Å². The zero-order valence-electron chi connectivity index (χ0n) is 22.1. The van der Waals surface area contributed by atoms with Gasteiger partial charge in [0.2, 0.25) is 0 Å². The summed E-state index contributed by atoms with van der Waals surface area (Å²) < 4.78 is 15.9. The summed E-state index contributed by atoms with van der Waals surface area (Å²) in [7, 11) is 2.82. The van der Waals surface area contributed by atoms with Gasteiger partial charge in [-0.1, -0.05) is 20.8 Å². The van der Waals surface area contributed by atoms with Crippen LogP contribution in [0.4, 0.5) is 0 Å². The molecule has 0 unspecified atom stereocenters. The van der Waals surface area contributed by atoms with Crippen molar-refractivity contribution in [2.24, 2.45) is 0 Å². The Morgan fingerprint density at radius 2 is 1.86 bits per heavy atom. The van der Waals surface area contributed by atoms with E-state index in [1.54, 1.807) is 42.3 Å². The van der Waals surface area contributed by atoms with Crippen LogP contribution in [-0.4, -0.2) is 55.7 Å². The first-order valence-corrected chi connectivity index (χ1v) is 11.9. The first-order chi connectivity index (χ1) is 17.5. The fourth-order valence-corrected chi connectivity index (χ4v) is 4.04. The zero-order chi connectivity index (χ0) is 27.3. The van der Waals surface area contributed by atoms with Gasteiger partial charge in [0, 0.05) is 30.3 Å². The maximum absolute atomic E-state index is 13.3. The molecular formula is C28H33N3O6. The molecule has 0 saturated carbocycles. The Kier molecular flexibility index (Phi) is 8.37. The Balaban J connectivity index is 1.83. The molecule has 0 atom stereocenters. The van der Waals surface area contributed by atoms with Crippen molar-refractivity contribution in [1.29, 1.82) is 5.41 Å². The molecule has 1 amide bonds. The topological polar surface area (TPSA) is 118 Å². The minimum absolute atomic E-state index is 0.00117. The molecule has 0 aromatic heterocycles. The Morgan fingerprint density at radius 3 is 2.49 bits per heavy atom. The normalized spacial score (nSPS) is 12.9.